The van der Waals surface area contributed by atoms with Crippen molar-refractivity contribution in [2.75, 3.05) is 10.0 Å². The zero-order valence-corrected chi connectivity index (χ0v) is 15.3. The molecule has 0 aliphatic heterocycles. The highest BCUT2D eigenvalue weighted by atomic mass is 35.5. The Balaban J connectivity index is 1.75. The van der Waals surface area contributed by atoms with E-state index in [-0.39, 0.29) is 10.7 Å². The molecule has 1 aromatic heterocycles. The van der Waals surface area contributed by atoms with Crippen LogP contribution in [0.2, 0.25) is 5.02 Å². The average molecular weight is 391 g/mol. The molecule has 0 unspecified atom stereocenters. The number of anilines is 2. The smallest absolute Gasteiger partial charge is 0.291 e. The fourth-order valence-electron chi connectivity index (χ4n) is 2.26. The van der Waals surface area contributed by atoms with Gasteiger partial charge in [0.25, 0.3) is 15.9 Å². The molecule has 26 heavy (non-hydrogen) atoms. The first-order chi connectivity index (χ1) is 12.3. The molecule has 2 aromatic carbocycles. The van der Waals surface area contributed by atoms with Gasteiger partial charge < -0.3 is 9.73 Å². The number of carbonyl (C=O) groups is 1. The Bertz CT molecular complexity index is 1030. The van der Waals surface area contributed by atoms with Crippen LogP contribution in [0.25, 0.3) is 0 Å². The molecule has 0 atom stereocenters. The molecule has 0 radical (unpaired) electrons. The number of carbonyl (C=O) groups excluding carboxylic acids is 1. The summed E-state index contributed by atoms with van der Waals surface area (Å²) in [6.07, 6.45) is 1.40. The summed E-state index contributed by atoms with van der Waals surface area (Å²) in [7, 11) is -3.76. The van der Waals surface area contributed by atoms with Crippen LogP contribution >= 0.6 is 11.6 Å². The summed E-state index contributed by atoms with van der Waals surface area (Å²) in [6.45, 7) is 1.76. The van der Waals surface area contributed by atoms with E-state index in [2.05, 4.69) is 10.0 Å². The Morgan fingerprint density at radius 2 is 1.81 bits per heavy atom. The summed E-state index contributed by atoms with van der Waals surface area (Å²) in [6, 6.07) is 13.9. The van der Waals surface area contributed by atoms with Crippen molar-refractivity contribution in [3.63, 3.8) is 0 Å². The molecule has 1 heterocycles. The quantitative estimate of drug-likeness (QED) is 0.680. The molecular formula is C18H15ClN2O4S. The van der Waals surface area contributed by atoms with Crippen LogP contribution in [0, 0.1) is 6.92 Å². The molecule has 0 saturated heterocycles. The lowest BCUT2D eigenvalue weighted by Gasteiger charge is -2.11. The van der Waals surface area contributed by atoms with E-state index in [4.69, 9.17) is 16.0 Å². The summed E-state index contributed by atoms with van der Waals surface area (Å²) >= 11 is 5.88. The van der Waals surface area contributed by atoms with Gasteiger partial charge in [0.1, 0.15) is 0 Å². The molecule has 0 aliphatic rings. The number of aryl methyl sites for hydroxylation is 1. The molecule has 134 valence electrons. The number of halogens is 1. The molecule has 0 bridgehead atoms. The van der Waals surface area contributed by atoms with E-state index >= 15 is 0 Å². The summed E-state index contributed by atoms with van der Waals surface area (Å²) in [4.78, 5) is 12.0. The van der Waals surface area contributed by atoms with Crippen LogP contribution in [0.5, 0.6) is 0 Å². The van der Waals surface area contributed by atoms with Gasteiger partial charge in [0.05, 0.1) is 16.8 Å². The van der Waals surface area contributed by atoms with Gasteiger partial charge in [0, 0.05) is 10.7 Å². The molecule has 8 heteroatoms. The van der Waals surface area contributed by atoms with Crippen molar-refractivity contribution in [3.05, 3.63) is 77.2 Å². The highest BCUT2D eigenvalue weighted by Gasteiger charge is 2.16. The SMILES string of the molecule is Cc1cc(Cl)ccc1NS(=O)(=O)c1ccc(NC(=O)c2ccco2)cc1. The predicted octanol–water partition coefficient (Wildman–Crippen LogP) is 4.29. The summed E-state index contributed by atoms with van der Waals surface area (Å²) in [5.74, 6) is -0.248. The maximum Gasteiger partial charge on any atom is 0.291 e. The zero-order valence-electron chi connectivity index (χ0n) is 13.7. The van der Waals surface area contributed by atoms with Gasteiger partial charge in [-0.2, -0.15) is 0 Å². The van der Waals surface area contributed by atoms with Gasteiger partial charge in [0.2, 0.25) is 0 Å². The Morgan fingerprint density at radius 3 is 2.42 bits per heavy atom. The van der Waals surface area contributed by atoms with Crippen LogP contribution < -0.4 is 10.0 Å². The number of benzene rings is 2. The molecule has 0 saturated carbocycles. The Kier molecular flexibility index (Phi) is 5.01. The first-order valence-electron chi connectivity index (χ1n) is 7.59. The summed E-state index contributed by atoms with van der Waals surface area (Å²) in [5.41, 5.74) is 1.61. The van der Waals surface area contributed by atoms with Crippen LogP contribution in [-0.2, 0) is 10.0 Å². The number of amides is 1. The van der Waals surface area contributed by atoms with Crippen molar-refractivity contribution in [3.8, 4) is 0 Å². The van der Waals surface area contributed by atoms with Crippen LogP contribution in [0.4, 0.5) is 11.4 Å². The van der Waals surface area contributed by atoms with Crippen LogP contribution in [-0.4, -0.2) is 14.3 Å². The molecule has 2 N–H and O–H groups in total. The molecule has 6 nitrogen and oxygen atoms in total. The van der Waals surface area contributed by atoms with Gasteiger partial charge in [-0.3, -0.25) is 9.52 Å². The van der Waals surface area contributed by atoms with E-state index in [1.165, 1.54) is 36.6 Å². The minimum absolute atomic E-state index is 0.0721. The number of hydrogen-bond donors (Lipinski definition) is 2. The van der Waals surface area contributed by atoms with E-state index in [1.54, 1.807) is 31.2 Å². The molecule has 3 rings (SSSR count). The van der Waals surface area contributed by atoms with E-state index in [1.807, 2.05) is 0 Å². The highest BCUT2D eigenvalue weighted by Crippen LogP contribution is 2.23. The fourth-order valence-corrected chi connectivity index (χ4v) is 3.62. The second-order valence-electron chi connectivity index (χ2n) is 5.52. The van der Waals surface area contributed by atoms with Gasteiger partial charge in [-0.05, 0) is 67.1 Å². The van der Waals surface area contributed by atoms with E-state index < -0.39 is 15.9 Å². The van der Waals surface area contributed by atoms with Crippen LogP contribution in [0.1, 0.15) is 16.1 Å². The lowest BCUT2D eigenvalue weighted by Crippen LogP contribution is -2.14. The molecule has 0 aliphatic carbocycles. The Morgan fingerprint density at radius 1 is 1.08 bits per heavy atom. The van der Waals surface area contributed by atoms with Crippen LogP contribution in [0.3, 0.4) is 0 Å². The van der Waals surface area contributed by atoms with Crippen molar-refractivity contribution in [1.82, 2.24) is 0 Å². The third-order valence-corrected chi connectivity index (χ3v) is 5.22. The zero-order chi connectivity index (χ0) is 18.7. The maximum absolute atomic E-state index is 12.5. The molecular weight excluding hydrogens is 376 g/mol. The number of sulfonamides is 1. The molecule has 3 aromatic rings. The second-order valence-corrected chi connectivity index (χ2v) is 7.64. The Labute approximate surface area is 155 Å². The topological polar surface area (TPSA) is 88.4 Å². The lowest BCUT2D eigenvalue weighted by molar-refractivity contribution is 0.0996. The highest BCUT2D eigenvalue weighted by molar-refractivity contribution is 7.92. The van der Waals surface area contributed by atoms with E-state index in [9.17, 15) is 13.2 Å². The van der Waals surface area contributed by atoms with E-state index in [0.717, 1.165) is 0 Å². The van der Waals surface area contributed by atoms with Gasteiger partial charge in [0.15, 0.2) is 5.76 Å². The van der Waals surface area contributed by atoms with Crippen molar-refractivity contribution in [2.24, 2.45) is 0 Å². The monoisotopic (exact) mass is 390 g/mol. The van der Waals surface area contributed by atoms with Crippen molar-refractivity contribution in [2.45, 2.75) is 11.8 Å². The normalized spacial score (nSPS) is 11.2. The average Bonchev–Trinajstić information content (AvgIpc) is 3.13. The maximum atomic E-state index is 12.5. The van der Waals surface area contributed by atoms with Gasteiger partial charge >= 0.3 is 0 Å². The lowest BCUT2D eigenvalue weighted by atomic mass is 10.2. The standard InChI is InChI=1S/C18H15ClN2O4S/c1-12-11-13(19)4-9-16(12)21-26(23,24)15-7-5-14(6-8-15)20-18(22)17-3-2-10-25-17/h2-11,21H,1H3,(H,20,22). The van der Waals surface area contributed by atoms with Gasteiger partial charge in [-0.15, -0.1) is 0 Å². The largest absolute Gasteiger partial charge is 0.459 e. The molecule has 0 spiro atoms. The molecule has 1 amide bonds. The number of hydrogen-bond acceptors (Lipinski definition) is 4. The first kappa shape index (κ1) is 18.0. The van der Waals surface area contributed by atoms with Crippen molar-refractivity contribution >= 4 is 38.9 Å². The van der Waals surface area contributed by atoms with Crippen LogP contribution in [0.15, 0.2) is 70.2 Å². The van der Waals surface area contributed by atoms with Crippen molar-refractivity contribution in [1.29, 1.82) is 0 Å². The first-order valence-corrected chi connectivity index (χ1v) is 9.45. The third-order valence-electron chi connectivity index (χ3n) is 3.60. The number of rotatable bonds is 5. The van der Waals surface area contributed by atoms with Gasteiger partial charge in [-0.1, -0.05) is 11.6 Å². The predicted molar refractivity (Wildman–Crippen MR) is 100 cm³/mol. The number of furan rings is 1. The Hall–Kier alpha value is -2.77. The fraction of sp³-hybridized carbons (Fsp3) is 0.0556. The van der Waals surface area contributed by atoms with Gasteiger partial charge in [-0.25, -0.2) is 8.42 Å². The summed E-state index contributed by atoms with van der Waals surface area (Å²) < 4.78 is 32.6. The molecule has 0 fully saturated rings. The number of nitrogens with one attached hydrogen (secondary N) is 2. The minimum Gasteiger partial charge on any atom is -0.459 e. The summed E-state index contributed by atoms with van der Waals surface area (Å²) in [5, 5.41) is 3.16. The minimum atomic E-state index is -3.76. The van der Waals surface area contributed by atoms with Crippen molar-refractivity contribution < 1.29 is 17.6 Å². The third kappa shape index (κ3) is 4.07. The van der Waals surface area contributed by atoms with E-state index in [0.29, 0.717) is 22.0 Å². The second kappa shape index (κ2) is 7.23.